The zero-order valence-electron chi connectivity index (χ0n) is 9.65. The minimum Gasteiger partial charge on any atom is -0.396 e. The predicted molar refractivity (Wildman–Crippen MR) is 58.0 cm³/mol. The van der Waals surface area contributed by atoms with Gasteiger partial charge in [-0.25, -0.2) is 0 Å². The van der Waals surface area contributed by atoms with E-state index in [0.717, 1.165) is 0 Å². The average molecular weight is 235 g/mol. The highest BCUT2D eigenvalue weighted by molar-refractivity contribution is 5.78. The van der Waals surface area contributed by atoms with Crippen molar-refractivity contribution >= 4 is 5.91 Å². The number of hydrogen-bond acceptors (Lipinski definition) is 5. The summed E-state index contributed by atoms with van der Waals surface area (Å²) in [5, 5.41) is 20.2. The second kappa shape index (κ2) is 10.8. The van der Waals surface area contributed by atoms with Gasteiger partial charge in [0.05, 0.1) is 32.3 Å². The lowest BCUT2D eigenvalue weighted by atomic mass is 10.1. The van der Waals surface area contributed by atoms with Gasteiger partial charge in [-0.2, -0.15) is 0 Å². The number of rotatable bonds is 10. The van der Waals surface area contributed by atoms with E-state index in [1.54, 1.807) is 7.11 Å². The molecule has 0 aromatic heterocycles. The maximum atomic E-state index is 11.4. The summed E-state index contributed by atoms with van der Waals surface area (Å²) in [6, 6.07) is 0. The highest BCUT2D eigenvalue weighted by Crippen LogP contribution is 2.00. The average Bonchev–Trinajstić information content (AvgIpc) is 2.30. The summed E-state index contributed by atoms with van der Waals surface area (Å²) in [4.78, 5) is 11.4. The largest absolute Gasteiger partial charge is 0.396 e. The van der Waals surface area contributed by atoms with Crippen LogP contribution in [0.25, 0.3) is 0 Å². The first-order valence-corrected chi connectivity index (χ1v) is 5.32. The standard InChI is InChI=1S/C10H21NO5/c1-15-6-7-16-5-3-11-10(14)9(8-13)2-4-12/h9,12-13H,2-8H2,1H3,(H,11,14). The Labute approximate surface area is 95.6 Å². The number of nitrogens with one attached hydrogen (secondary N) is 1. The number of aliphatic hydroxyl groups excluding tert-OH is 2. The monoisotopic (exact) mass is 235 g/mol. The molecular weight excluding hydrogens is 214 g/mol. The van der Waals surface area contributed by atoms with Crippen molar-refractivity contribution in [2.75, 3.05) is 46.7 Å². The van der Waals surface area contributed by atoms with E-state index in [9.17, 15) is 4.79 Å². The maximum Gasteiger partial charge on any atom is 0.225 e. The lowest BCUT2D eigenvalue weighted by Crippen LogP contribution is -2.35. The Kier molecular flexibility index (Phi) is 10.3. The number of aliphatic hydroxyl groups is 2. The van der Waals surface area contributed by atoms with E-state index in [1.807, 2.05) is 0 Å². The Hall–Kier alpha value is -0.690. The molecule has 16 heavy (non-hydrogen) atoms. The first-order valence-electron chi connectivity index (χ1n) is 5.32. The minimum absolute atomic E-state index is 0.108. The quantitative estimate of drug-likeness (QED) is 0.412. The van der Waals surface area contributed by atoms with Crippen LogP contribution in [0, 0.1) is 5.92 Å². The van der Waals surface area contributed by atoms with Crippen LogP contribution in [-0.4, -0.2) is 62.8 Å². The number of ether oxygens (including phenoxy) is 2. The third-order valence-electron chi connectivity index (χ3n) is 2.05. The van der Waals surface area contributed by atoms with Crippen LogP contribution >= 0.6 is 0 Å². The van der Waals surface area contributed by atoms with Gasteiger partial charge in [0.15, 0.2) is 0 Å². The van der Waals surface area contributed by atoms with Crippen molar-refractivity contribution in [3.8, 4) is 0 Å². The predicted octanol–water partition coefficient (Wildman–Crippen LogP) is -1.24. The molecular formula is C10H21NO5. The third-order valence-corrected chi connectivity index (χ3v) is 2.05. The first-order chi connectivity index (χ1) is 7.76. The minimum atomic E-state index is -0.538. The van der Waals surface area contributed by atoms with Gasteiger partial charge in [-0.1, -0.05) is 0 Å². The van der Waals surface area contributed by atoms with Gasteiger partial charge in [0.1, 0.15) is 0 Å². The second-order valence-electron chi connectivity index (χ2n) is 3.29. The summed E-state index contributed by atoms with van der Waals surface area (Å²) in [7, 11) is 1.59. The Balaban J connectivity index is 3.47. The van der Waals surface area contributed by atoms with Crippen LogP contribution in [0.2, 0.25) is 0 Å². The molecule has 1 unspecified atom stereocenters. The fourth-order valence-electron chi connectivity index (χ4n) is 1.10. The zero-order chi connectivity index (χ0) is 12.2. The number of carbonyl (C=O) groups is 1. The molecule has 0 aliphatic rings. The van der Waals surface area contributed by atoms with Crippen LogP contribution in [0.15, 0.2) is 0 Å². The topological polar surface area (TPSA) is 88.0 Å². The molecule has 96 valence electrons. The molecule has 6 heteroatoms. The summed E-state index contributed by atoms with van der Waals surface area (Å²) < 4.78 is 9.93. The van der Waals surface area contributed by atoms with Crippen LogP contribution in [0.5, 0.6) is 0 Å². The van der Waals surface area contributed by atoms with Crippen LogP contribution in [0.4, 0.5) is 0 Å². The molecule has 0 rings (SSSR count). The summed E-state index contributed by atoms with van der Waals surface area (Å²) >= 11 is 0. The number of methoxy groups -OCH3 is 1. The normalized spacial score (nSPS) is 12.4. The lowest BCUT2D eigenvalue weighted by Gasteiger charge is -2.12. The smallest absolute Gasteiger partial charge is 0.225 e. The van der Waals surface area contributed by atoms with Gasteiger partial charge in [0.25, 0.3) is 0 Å². The summed E-state index contributed by atoms with van der Waals surface area (Å²) in [5.74, 6) is -0.795. The van der Waals surface area contributed by atoms with Crippen LogP contribution in [-0.2, 0) is 14.3 Å². The van der Waals surface area contributed by atoms with Crippen LogP contribution in [0.3, 0.4) is 0 Å². The van der Waals surface area contributed by atoms with E-state index in [2.05, 4.69) is 5.32 Å². The molecule has 6 nitrogen and oxygen atoms in total. The highest BCUT2D eigenvalue weighted by Gasteiger charge is 2.15. The highest BCUT2D eigenvalue weighted by atomic mass is 16.5. The van der Waals surface area contributed by atoms with Crippen molar-refractivity contribution in [1.29, 1.82) is 0 Å². The van der Waals surface area contributed by atoms with Gasteiger partial charge in [0, 0.05) is 20.3 Å². The molecule has 0 saturated carbocycles. The molecule has 0 heterocycles. The molecule has 3 N–H and O–H groups in total. The molecule has 0 bridgehead atoms. The van der Waals surface area contributed by atoms with Crippen molar-refractivity contribution in [3.05, 3.63) is 0 Å². The van der Waals surface area contributed by atoms with Crippen molar-refractivity contribution in [1.82, 2.24) is 5.32 Å². The van der Waals surface area contributed by atoms with Crippen molar-refractivity contribution in [3.63, 3.8) is 0 Å². The lowest BCUT2D eigenvalue weighted by molar-refractivity contribution is -0.127. The molecule has 0 aromatic carbocycles. The van der Waals surface area contributed by atoms with Gasteiger partial charge in [-0.15, -0.1) is 0 Å². The first kappa shape index (κ1) is 15.3. The molecule has 0 aliphatic heterocycles. The van der Waals surface area contributed by atoms with Gasteiger partial charge in [-0.05, 0) is 6.42 Å². The van der Waals surface area contributed by atoms with E-state index in [0.29, 0.717) is 26.4 Å². The molecule has 0 aliphatic carbocycles. The number of carbonyl (C=O) groups excluding carboxylic acids is 1. The number of hydrogen-bond donors (Lipinski definition) is 3. The molecule has 0 spiro atoms. The van der Waals surface area contributed by atoms with E-state index in [-0.39, 0.29) is 25.5 Å². The fraction of sp³-hybridized carbons (Fsp3) is 0.900. The Morgan fingerprint density at radius 2 is 2.06 bits per heavy atom. The van der Waals surface area contributed by atoms with E-state index in [4.69, 9.17) is 19.7 Å². The van der Waals surface area contributed by atoms with E-state index in [1.165, 1.54) is 0 Å². The third kappa shape index (κ3) is 7.58. The Morgan fingerprint density at radius 3 is 2.62 bits per heavy atom. The van der Waals surface area contributed by atoms with E-state index >= 15 is 0 Å². The van der Waals surface area contributed by atoms with Crippen LogP contribution in [0.1, 0.15) is 6.42 Å². The van der Waals surface area contributed by atoms with Gasteiger partial charge >= 0.3 is 0 Å². The zero-order valence-corrected chi connectivity index (χ0v) is 9.65. The molecule has 1 atom stereocenters. The summed E-state index contributed by atoms with van der Waals surface area (Å²) in [6.45, 7) is 1.46. The summed E-state index contributed by atoms with van der Waals surface area (Å²) in [5.41, 5.74) is 0. The van der Waals surface area contributed by atoms with Crippen molar-refractivity contribution < 1.29 is 24.5 Å². The molecule has 1 amide bonds. The Morgan fingerprint density at radius 1 is 1.31 bits per heavy atom. The number of amides is 1. The van der Waals surface area contributed by atoms with Crippen LogP contribution < -0.4 is 5.32 Å². The molecule has 0 fully saturated rings. The van der Waals surface area contributed by atoms with Gasteiger partial charge in [0.2, 0.25) is 5.91 Å². The van der Waals surface area contributed by atoms with E-state index < -0.39 is 5.92 Å². The van der Waals surface area contributed by atoms with Gasteiger partial charge < -0.3 is 25.0 Å². The molecule has 0 saturated heterocycles. The summed E-state index contributed by atoms with van der Waals surface area (Å²) in [6.07, 6.45) is 0.271. The van der Waals surface area contributed by atoms with Crippen molar-refractivity contribution in [2.24, 2.45) is 5.92 Å². The maximum absolute atomic E-state index is 11.4. The fourth-order valence-corrected chi connectivity index (χ4v) is 1.10. The Bertz CT molecular complexity index is 177. The molecule has 0 radical (unpaired) electrons. The van der Waals surface area contributed by atoms with Crippen molar-refractivity contribution in [2.45, 2.75) is 6.42 Å². The molecule has 0 aromatic rings. The second-order valence-corrected chi connectivity index (χ2v) is 3.29. The van der Waals surface area contributed by atoms with Gasteiger partial charge in [-0.3, -0.25) is 4.79 Å². The SMILES string of the molecule is COCCOCCNC(=O)C(CO)CCO.